The lowest BCUT2D eigenvalue weighted by atomic mass is 9.98. The van der Waals surface area contributed by atoms with Crippen LogP contribution in [0, 0.1) is 0 Å². The highest BCUT2D eigenvalue weighted by Gasteiger charge is 2.27. The number of nitrogens with one attached hydrogen (secondary N) is 1. The first-order chi connectivity index (χ1) is 12.6. The summed E-state index contributed by atoms with van der Waals surface area (Å²) in [6.45, 7) is 2.16. The van der Waals surface area contributed by atoms with Crippen LogP contribution < -0.4 is 4.72 Å². The number of fused-ring (bicyclic) bond motifs is 1. The molecule has 1 unspecified atom stereocenters. The fourth-order valence-electron chi connectivity index (χ4n) is 3.35. The van der Waals surface area contributed by atoms with E-state index in [-0.39, 0.29) is 6.04 Å². The highest BCUT2D eigenvalue weighted by molar-refractivity contribution is 7.91. The van der Waals surface area contributed by atoms with E-state index in [1.807, 2.05) is 11.4 Å². The van der Waals surface area contributed by atoms with Crippen molar-refractivity contribution in [2.45, 2.75) is 23.2 Å². The number of hydrogen-bond donors (Lipinski definition) is 1. The molecule has 0 amide bonds. The Hall–Kier alpha value is -1.51. The summed E-state index contributed by atoms with van der Waals surface area (Å²) in [5, 5.41) is 3.83. The van der Waals surface area contributed by atoms with Crippen LogP contribution in [0.1, 0.15) is 22.0 Å². The molecule has 1 aliphatic rings. The average molecular weight is 405 g/mol. The van der Waals surface area contributed by atoms with Crippen LogP contribution in [0.3, 0.4) is 0 Å². The third-order valence-corrected chi connectivity index (χ3v) is 8.49. The van der Waals surface area contributed by atoms with E-state index in [2.05, 4.69) is 40.0 Å². The van der Waals surface area contributed by atoms with Crippen molar-refractivity contribution in [1.29, 1.82) is 0 Å². The summed E-state index contributed by atoms with van der Waals surface area (Å²) in [7, 11) is -3.46. The Morgan fingerprint density at radius 2 is 1.77 bits per heavy atom. The Kier molecular flexibility index (Phi) is 5.24. The molecule has 0 aliphatic carbocycles. The van der Waals surface area contributed by atoms with Crippen molar-refractivity contribution in [1.82, 2.24) is 9.62 Å². The highest BCUT2D eigenvalue weighted by atomic mass is 32.2. The third-order valence-electron chi connectivity index (χ3n) is 4.70. The largest absolute Gasteiger partial charge is 0.290 e. The van der Waals surface area contributed by atoms with Crippen LogP contribution in [0.15, 0.2) is 63.5 Å². The monoisotopic (exact) mass is 404 g/mol. The molecule has 0 spiro atoms. The molecule has 4 rings (SSSR count). The van der Waals surface area contributed by atoms with Gasteiger partial charge in [-0.2, -0.15) is 0 Å². The molecule has 1 aromatic carbocycles. The quantitative estimate of drug-likeness (QED) is 0.678. The lowest BCUT2D eigenvalue weighted by Crippen LogP contribution is -2.40. The number of nitrogens with zero attached hydrogens (tertiary/aromatic N) is 1. The Balaban J connectivity index is 1.55. The number of hydrogen-bond acceptors (Lipinski definition) is 5. The van der Waals surface area contributed by atoms with Gasteiger partial charge < -0.3 is 0 Å². The Morgan fingerprint density at radius 3 is 2.50 bits per heavy atom. The maximum absolute atomic E-state index is 12.5. The van der Waals surface area contributed by atoms with Gasteiger partial charge in [-0.3, -0.25) is 4.90 Å². The van der Waals surface area contributed by atoms with Crippen molar-refractivity contribution in [3.8, 4) is 0 Å². The Labute approximate surface area is 162 Å². The Morgan fingerprint density at radius 1 is 1.00 bits per heavy atom. The zero-order valence-corrected chi connectivity index (χ0v) is 16.6. The molecule has 4 nitrogen and oxygen atoms in total. The van der Waals surface area contributed by atoms with Gasteiger partial charge in [0.15, 0.2) is 0 Å². The van der Waals surface area contributed by atoms with E-state index in [0.717, 1.165) is 19.5 Å². The molecule has 0 fully saturated rings. The molecule has 0 bridgehead atoms. The van der Waals surface area contributed by atoms with E-state index < -0.39 is 10.0 Å². The van der Waals surface area contributed by atoms with E-state index in [4.69, 9.17) is 0 Å². The number of benzene rings is 1. The topological polar surface area (TPSA) is 49.4 Å². The summed E-state index contributed by atoms with van der Waals surface area (Å²) in [5.74, 6) is 0. The van der Waals surface area contributed by atoms with Crippen LogP contribution in [0.2, 0.25) is 0 Å². The molecule has 3 heterocycles. The first-order valence-electron chi connectivity index (χ1n) is 8.51. The van der Waals surface area contributed by atoms with Crippen LogP contribution in [0.5, 0.6) is 0 Å². The van der Waals surface area contributed by atoms with E-state index in [0.29, 0.717) is 10.8 Å². The summed E-state index contributed by atoms with van der Waals surface area (Å²) in [4.78, 5) is 3.57. The lowest BCUT2D eigenvalue weighted by Gasteiger charge is -2.35. The molecule has 136 valence electrons. The van der Waals surface area contributed by atoms with Gasteiger partial charge in [0.05, 0.1) is 6.04 Å². The first kappa shape index (κ1) is 17.9. The van der Waals surface area contributed by atoms with Gasteiger partial charge in [0.25, 0.3) is 0 Å². The summed E-state index contributed by atoms with van der Waals surface area (Å²) in [6, 6.07) is 16.1. The van der Waals surface area contributed by atoms with Gasteiger partial charge in [0, 0.05) is 24.5 Å². The fourth-order valence-corrected chi connectivity index (χ4v) is 6.29. The summed E-state index contributed by atoms with van der Waals surface area (Å²) >= 11 is 2.92. The molecule has 26 heavy (non-hydrogen) atoms. The maximum atomic E-state index is 12.5. The number of sulfonamides is 1. The molecule has 1 aliphatic heterocycles. The van der Waals surface area contributed by atoms with Gasteiger partial charge in [-0.1, -0.05) is 36.4 Å². The normalized spacial score (nSPS) is 16.3. The van der Waals surface area contributed by atoms with Gasteiger partial charge in [0.2, 0.25) is 10.0 Å². The van der Waals surface area contributed by atoms with E-state index in [9.17, 15) is 8.42 Å². The highest BCUT2D eigenvalue weighted by Crippen LogP contribution is 2.30. The number of thiophene rings is 2. The molecular formula is C19H20N2O2S3. The second-order valence-corrected chi connectivity index (χ2v) is 10.2. The second-order valence-electron chi connectivity index (χ2n) is 6.30. The minimum Gasteiger partial charge on any atom is -0.290 e. The molecule has 1 atom stereocenters. The molecule has 3 aromatic rings. The van der Waals surface area contributed by atoms with E-state index in [1.54, 1.807) is 28.8 Å². The van der Waals surface area contributed by atoms with Crippen LogP contribution in [-0.2, 0) is 23.0 Å². The zero-order valence-electron chi connectivity index (χ0n) is 14.2. The minimum atomic E-state index is -3.46. The van der Waals surface area contributed by atoms with Crippen molar-refractivity contribution in [3.05, 3.63) is 75.3 Å². The third kappa shape index (κ3) is 3.77. The summed E-state index contributed by atoms with van der Waals surface area (Å²) in [5.41, 5.74) is 2.73. The zero-order chi connectivity index (χ0) is 18.0. The average Bonchev–Trinajstić information content (AvgIpc) is 3.36. The van der Waals surface area contributed by atoms with Crippen LogP contribution in [0.4, 0.5) is 0 Å². The predicted octanol–water partition coefficient (Wildman–Crippen LogP) is 3.89. The van der Waals surface area contributed by atoms with Gasteiger partial charge in [0.1, 0.15) is 4.21 Å². The molecule has 7 heteroatoms. The molecular weight excluding hydrogens is 384 g/mol. The smallest absolute Gasteiger partial charge is 0.250 e. The first-order valence-corrected chi connectivity index (χ1v) is 11.7. The van der Waals surface area contributed by atoms with Crippen LogP contribution >= 0.6 is 22.7 Å². The SMILES string of the molecule is O=S(=O)(NCC(c1cccs1)N1CCc2ccccc2C1)c1cccs1. The van der Waals surface area contributed by atoms with Crippen molar-refractivity contribution in [2.24, 2.45) is 0 Å². The van der Waals surface area contributed by atoms with Crippen molar-refractivity contribution in [2.75, 3.05) is 13.1 Å². The fraction of sp³-hybridized carbons (Fsp3) is 0.263. The number of rotatable bonds is 6. The van der Waals surface area contributed by atoms with Crippen molar-refractivity contribution >= 4 is 32.7 Å². The van der Waals surface area contributed by atoms with Crippen LogP contribution in [-0.4, -0.2) is 26.4 Å². The van der Waals surface area contributed by atoms with E-state index in [1.165, 1.54) is 27.3 Å². The lowest BCUT2D eigenvalue weighted by molar-refractivity contribution is 0.183. The molecule has 1 N–H and O–H groups in total. The van der Waals surface area contributed by atoms with E-state index >= 15 is 0 Å². The minimum absolute atomic E-state index is 0.0399. The summed E-state index contributed by atoms with van der Waals surface area (Å²) in [6.07, 6.45) is 0.996. The van der Waals surface area contributed by atoms with Crippen molar-refractivity contribution < 1.29 is 8.42 Å². The van der Waals surface area contributed by atoms with Crippen LogP contribution in [0.25, 0.3) is 0 Å². The van der Waals surface area contributed by atoms with Gasteiger partial charge in [-0.25, -0.2) is 13.1 Å². The molecule has 0 radical (unpaired) electrons. The molecule has 0 saturated heterocycles. The maximum Gasteiger partial charge on any atom is 0.250 e. The van der Waals surface area contributed by atoms with Crippen molar-refractivity contribution in [3.63, 3.8) is 0 Å². The Bertz CT molecular complexity index is 951. The summed E-state index contributed by atoms with van der Waals surface area (Å²) < 4.78 is 28.3. The molecule has 2 aromatic heterocycles. The predicted molar refractivity (Wildman–Crippen MR) is 107 cm³/mol. The standard InChI is InChI=1S/C19H20N2O2S3/c22-26(23,19-8-4-12-25-19)20-13-17(18-7-3-11-24-18)21-10-9-15-5-1-2-6-16(15)14-21/h1-8,11-12,17,20H,9-10,13-14H2. The molecule has 0 saturated carbocycles. The van der Waals surface area contributed by atoms with Gasteiger partial charge in [-0.05, 0) is 40.4 Å². The second kappa shape index (κ2) is 7.62. The van der Waals surface area contributed by atoms with Gasteiger partial charge in [-0.15, -0.1) is 22.7 Å². The van der Waals surface area contributed by atoms with Gasteiger partial charge >= 0.3 is 0 Å².